The van der Waals surface area contributed by atoms with Gasteiger partial charge < -0.3 is 10.0 Å². The summed E-state index contributed by atoms with van der Waals surface area (Å²) >= 11 is 0. The first kappa shape index (κ1) is 15.7. The molecule has 128 valence electrons. The van der Waals surface area contributed by atoms with E-state index in [1.807, 2.05) is 49.2 Å². The fourth-order valence-corrected chi connectivity index (χ4v) is 3.43. The molecule has 1 fully saturated rings. The Morgan fingerprint density at radius 1 is 1.16 bits per heavy atom. The Hall–Kier alpha value is -2.80. The summed E-state index contributed by atoms with van der Waals surface area (Å²) in [6.45, 7) is 3.20. The highest BCUT2D eigenvalue weighted by molar-refractivity contribution is 5.52. The molecule has 1 atom stereocenters. The van der Waals surface area contributed by atoms with Crippen LogP contribution in [0.3, 0.4) is 0 Å². The fourth-order valence-electron chi connectivity index (χ4n) is 3.43. The fraction of sp³-hybridized carbons (Fsp3) is 0.333. The summed E-state index contributed by atoms with van der Waals surface area (Å²) < 4.78 is 1.68. The van der Waals surface area contributed by atoms with Crippen LogP contribution in [0.25, 0.3) is 11.5 Å². The molecule has 7 nitrogen and oxygen atoms in total. The van der Waals surface area contributed by atoms with Crippen molar-refractivity contribution >= 4 is 5.95 Å². The van der Waals surface area contributed by atoms with E-state index in [-0.39, 0.29) is 0 Å². The van der Waals surface area contributed by atoms with Gasteiger partial charge in [0.05, 0.1) is 6.54 Å². The first-order valence-electron chi connectivity index (χ1n) is 8.28. The standard InChI is InChI=1S/C18H20N6O/c1-13-5-3-4-6-14(13)18(25)8-10-24(11-18)17-19-9-7-15(22-17)16-20-12-21-23(16)2/h3-7,9,12,25H,8,10-11H2,1-2H3. The minimum atomic E-state index is -0.879. The molecule has 0 amide bonds. The molecule has 0 bridgehead atoms. The predicted molar refractivity (Wildman–Crippen MR) is 93.9 cm³/mol. The first-order chi connectivity index (χ1) is 12.1. The SMILES string of the molecule is Cc1ccccc1C1(O)CCN(c2nccc(-c3ncnn3C)n2)C1. The first-order valence-corrected chi connectivity index (χ1v) is 8.28. The van der Waals surface area contributed by atoms with Gasteiger partial charge in [0.1, 0.15) is 17.6 Å². The Kier molecular flexibility index (Phi) is 3.73. The number of aromatic nitrogens is 5. The summed E-state index contributed by atoms with van der Waals surface area (Å²) in [5, 5.41) is 15.2. The van der Waals surface area contributed by atoms with Gasteiger partial charge in [-0.3, -0.25) is 0 Å². The van der Waals surface area contributed by atoms with Crippen LogP contribution in [0.2, 0.25) is 0 Å². The van der Waals surface area contributed by atoms with Crippen molar-refractivity contribution < 1.29 is 5.11 Å². The maximum Gasteiger partial charge on any atom is 0.226 e. The van der Waals surface area contributed by atoms with E-state index in [9.17, 15) is 5.11 Å². The molecule has 25 heavy (non-hydrogen) atoms. The predicted octanol–water partition coefficient (Wildman–Crippen LogP) is 1.68. The van der Waals surface area contributed by atoms with Crippen molar-refractivity contribution in [2.24, 2.45) is 7.05 Å². The summed E-state index contributed by atoms with van der Waals surface area (Å²) in [7, 11) is 1.83. The number of anilines is 1. The number of β-amino-alcohol motifs (C(OH)–C–C–N with tert-alkyl or cyclic N) is 1. The molecule has 1 aliphatic rings. The lowest BCUT2D eigenvalue weighted by Gasteiger charge is -2.25. The smallest absolute Gasteiger partial charge is 0.226 e. The van der Waals surface area contributed by atoms with Crippen LogP contribution in [0, 0.1) is 6.92 Å². The molecule has 1 aliphatic heterocycles. The quantitative estimate of drug-likeness (QED) is 0.784. The van der Waals surface area contributed by atoms with Gasteiger partial charge in [0.2, 0.25) is 5.95 Å². The van der Waals surface area contributed by atoms with Gasteiger partial charge in [-0.2, -0.15) is 5.10 Å². The van der Waals surface area contributed by atoms with Crippen LogP contribution in [0.15, 0.2) is 42.9 Å². The van der Waals surface area contributed by atoms with E-state index in [1.165, 1.54) is 6.33 Å². The summed E-state index contributed by atoms with van der Waals surface area (Å²) in [5.41, 5.74) is 1.91. The van der Waals surface area contributed by atoms with E-state index < -0.39 is 5.60 Å². The van der Waals surface area contributed by atoms with Gasteiger partial charge in [0, 0.05) is 19.8 Å². The number of hydrogen-bond donors (Lipinski definition) is 1. The Balaban J connectivity index is 1.62. The molecule has 7 heteroatoms. The van der Waals surface area contributed by atoms with Gasteiger partial charge in [0.15, 0.2) is 5.82 Å². The number of nitrogens with zero attached hydrogens (tertiary/aromatic N) is 6. The molecule has 1 aromatic carbocycles. The molecule has 0 spiro atoms. The van der Waals surface area contributed by atoms with Crippen LogP contribution in [0.4, 0.5) is 5.95 Å². The van der Waals surface area contributed by atoms with Gasteiger partial charge in [-0.25, -0.2) is 19.6 Å². The van der Waals surface area contributed by atoms with E-state index in [1.54, 1.807) is 10.9 Å². The lowest BCUT2D eigenvalue weighted by Crippen LogP contribution is -2.32. The third-order valence-corrected chi connectivity index (χ3v) is 4.76. The van der Waals surface area contributed by atoms with E-state index in [0.717, 1.165) is 16.8 Å². The topological polar surface area (TPSA) is 80.0 Å². The van der Waals surface area contributed by atoms with E-state index in [4.69, 9.17) is 0 Å². The second-order valence-corrected chi connectivity index (χ2v) is 6.47. The number of aryl methyl sites for hydroxylation is 2. The monoisotopic (exact) mass is 336 g/mol. The third-order valence-electron chi connectivity index (χ3n) is 4.76. The third kappa shape index (κ3) is 2.76. The molecular weight excluding hydrogens is 316 g/mol. The van der Waals surface area contributed by atoms with E-state index >= 15 is 0 Å². The van der Waals surface area contributed by atoms with Crippen molar-refractivity contribution in [2.75, 3.05) is 18.0 Å². The maximum atomic E-state index is 11.1. The Morgan fingerprint density at radius 2 is 2.00 bits per heavy atom. The van der Waals surface area contributed by atoms with Gasteiger partial charge in [0.25, 0.3) is 0 Å². The number of hydrogen-bond acceptors (Lipinski definition) is 6. The molecule has 0 radical (unpaired) electrons. The summed E-state index contributed by atoms with van der Waals surface area (Å²) in [4.78, 5) is 15.3. The zero-order valence-corrected chi connectivity index (χ0v) is 14.3. The highest BCUT2D eigenvalue weighted by Crippen LogP contribution is 2.35. The van der Waals surface area contributed by atoms with Crippen molar-refractivity contribution in [3.05, 3.63) is 54.0 Å². The second kappa shape index (κ2) is 5.93. The summed E-state index contributed by atoms with van der Waals surface area (Å²) in [6, 6.07) is 9.80. The van der Waals surface area contributed by atoms with Gasteiger partial charge >= 0.3 is 0 Å². The van der Waals surface area contributed by atoms with Crippen LogP contribution in [0.5, 0.6) is 0 Å². The molecule has 0 aliphatic carbocycles. The average Bonchev–Trinajstić information content (AvgIpc) is 3.22. The lowest BCUT2D eigenvalue weighted by molar-refractivity contribution is 0.0599. The molecule has 1 unspecified atom stereocenters. The van der Waals surface area contributed by atoms with Crippen molar-refractivity contribution in [1.82, 2.24) is 24.7 Å². The molecule has 3 heterocycles. The van der Waals surface area contributed by atoms with Crippen molar-refractivity contribution in [2.45, 2.75) is 18.9 Å². The molecule has 2 aromatic heterocycles. The van der Waals surface area contributed by atoms with Crippen LogP contribution in [-0.4, -0.2) is 42.9 Å². The maximum absolute atomic E-state index is 11.1. The zero-order valence-electron chi connectivity index (χ0n) is 14.3. The molecule has 1 N–H and O–H groups in total. The van der Waals surface area contributed by atoms with Gasteiger partial charge in [-0.1, -0.05) is 24.3 Å². The van der Waals surface area contributed by atoms with E-state index in [0.29, 0.717) is 31.3 Å². The Bertz CT molecular complexity index is 908. The van der Waals surface area contributed by atoms with E-state index in [2.05, 4.69) is 20.1 Å². The van der Waals surface area contributed by atoms with Crippen molar-refractivity contribution in [3.63, 3.8) is 0 Å². The molecular formula is C18H20N6O. The molecule has 0 saturated carbocycles. The van der Waals surface area contributed by atoms with Crippen molar-refractivity contribution in [1.29, 1.82) is 0 Å². The minimum absolute atomic E-state index is 0.472. The molecule has 4 rings (SSSR count). The number of rotatable bonds is 3. The molecule has 1 saturated heterocycles. The summed E-state index contributed by atoms with van der Waals surface area (Å²) in [5.74, 6) is 1.29. The van der Waals surface area contributed by atoms with Gasteiger partial charge in [-0.15, -0.1) is 0 Å². The average molecular weight is 336 g/mol. The largest absolute Gasteiger partial charge is 0.383 e. The number of aliphatic hydroxyl groups is 1. The zero-order chi connectivity index (χ0) is 17.4. The normalized spacial score (nSPS) is 20.2. The van der Waals surface area contributed by atoms with Crippen molar-refractivity contribution in [3.8, 4) is 11.5 Å². The Morgan fingerprint density at radius 3 is 2.76 bits per heavy atom. The van der Waals surface area contributed by atoms with Crippen LogP contribution in [0.1, 0.15) is 17.5 Å². The van der Waals surface area contributed by atoms with Gasteiger partial charge in [-0.05, 0) is 30.5 Å². The van der Waals surface area contributed by atoms with Crippen LogP contribution in [-0.2, 0) is 12.6 Å². The van der Waals surface area contributed by atoms with Crippen LogP contribution < -0.4 is 4.90 Å². The minimum Gasteiger partial charge on any atom is -0.383 e. The number of benzene rings is 1. The highest BCUT2D eigenvalue weighted by Gasteiger charge is 2.39. The lowest BCUT2D eigenvalue weighted by atomic mass is 9.89. The summed E-state index contributed by atoms with van der Waals surface area (Å²) in [6.07, 6.45) is 3.87. The van der Waals surface area contributed by atoms with Crippen LogP contribution >= 0.6 is 0 Å². The Labute approximate surface area is 146 Å². The highest BCUT2D eigenvalue weighted by atomic mass is 16.3. The second-order valence-electron chi connectivity index (χ2n) is 6.47. The molecule has 3 aromatic rings.